The van der Waals surface area contributed by atoms with Crippen LogP contribution in [0.15, 0.2) is 34.1 Å². The van der Waals surface area contributed by atoms with E-state index in [0.717, 1.165) is 65.5 Å². The van der Waals surface area contributed by atoms with E-state index in [1.807, 2.05) is 12.1 Å². The Morgan fingerprint density at radius 3 is 2.57 bits per heavy atom. The van der Waals surface area contributed by atoms with Crippen molar-refractivity contribution < 1.29 is 13.2 Å². The molecule has 9 heteroatoms. The monoisotopic (exact) mass is 408 g/mol. The third kappa shape index (κ3) is 3.76. The lowest BCUT2D eigenvalue weighted by Gasteiger charge is -2.07. The Morgan fingerprint density at radius 1 is 1.18 bits per heavy atom. The lowest BCUT2D eigenvalue weighted by molar-refractivity contribution is -0.141. The molecule has 0 bridgehead atoms. The number of fused-ring (bicyclic) bond motifs is 1. The molecule has 5 nitrogen and oxygen atoms in total. The summed E-state index contributed by atoms with van der Waals surface area (Å²) in [7, 11) is 0. The van der Waals surface area contributed by atoms with Crippen molar-refractivity contribution in [3.05, 3.63) is 45.9 Å². The second-order valence-corrected chi connectivity index (χ2v) is 7.94. The summed E-state index contributed by atoms with van der Waals surface area (Å²) in [5, 5.41) is 2.38. The van der Waals surface area contributed by atoms with Crippen molar-refractivity contribution in [1.29, 1.82) is 0 Å². The van der Waals surface area contributed by atoms with Crippen LogP contribution in [-0.4, -0.2) is 27.0 Å². The molecule has 0 atom stereocenters. The maximum absolute atomic E-state index is 13.5. The highest BCUT2D eigenvalue weighted by molar-refractivity contribution is 7.20. The van der Waals surface area contributed by atoms with Crippen LogP contribution in [0.4, 0.5) is 13.2 Å². The Balaban J connectivity index is 1.76. The lowest BCUT2D eigenvalue weighted by atomic mass is 10.1. The maximum atomic E-state index is 13.5. The topological polar surface area (TPSA) is 63.0 Å². The molecule has 28 heavy (non-hydrogen) atoms. The molecule has 1 aliphatic carbocycles. The summed E-state index contributed by atoms with van der Waals surface area (Å²) in [6, 6.07) is 7.13. The second-order valence-electron chi connectivity index (χ2n) is 6.93. The van der Waals surface area contributed by atoms with Gasteiger partial charge in [0, 0.05) is 12.3 Å². The number of aliphatic imine (C=N–C) groups is 1. The van der Waals surface area contributed by atoms with Crippen molar-refractivity contribution >= 4 is 27.8 Å². The number of alkyl halides is 3. The Hall–Kier alpha value is -2.42. The average molecular weight is 408 g/mol. The second kappa shape index (κ2) is 7.54. The van der Waals surface area contributed by atoms with E-state index in [1.54, 1.807) is 12.1 Å². The van der Waals surface area contributed by atoms with E-state index in [0.29, 0.717) is 5.52 Å². The number of halogens is 3. The van der Waals surface area contributed by atoms with Gasteiger partial charge in [-0.1, -0.05) is 49.2 Å². The van der Waals surface area contributed by atoms with Crippen molar-refractivity contribution in [3.8, 4) is 5.13 Å². The summed E-state index contributed by atoms with van der Waals surface area (Å²) in [6.07, 6.45) is 2.35. The fourth-order valence-corrected chi connectivity index (χ4v) is 4.39. The number of rotatable bonds is 3. The van der Waals surface area contributed by atoms with Gasteiger partial charge in [0.25, 0.3) is 5.56 Å². The van der Waals surface area contributed by atoms with Gasteiger partial charge in [0.1, 0.15) is 0 Å². The number of nitrogens with one attached hydrogen (secondary N) is 1. The van der Waals surface area contributed by atoms with E-state index in [-0.39, 0.29) is 11.2 Å². The van der Waals surface area contributed by atoms with E-state index < -0.39 is 23.0 Å². The maximum Gasteiger partial charge on any atom is 0.433 e. The molecule has 2 aromatic heterocycles. The Kier molecular flexibility index (Phi) is 5.09. The van der Waals surface area contributed by atoms with Crippen LogP contribution in [0.2, 0.25) is 0 Å². The average Bonchev–Trinajstić information content (AvgIpc) is 3.11. The van der Waals surface area contributed by atoms with Crippen LogP contribution in [0.5, 0.6) is 0 Å². The fourth-order valence-electron chi connectivity index (χ4n) is 3.46. The van der Waals surface area contributed by atoms with Gasteiger partial charge in [-0.2, -0.15) is 17.9 Å². The summed E-state index contributed by atoms with van der Waals surface area (Å²) in [5.74, 6) is 0. The van der Waals surface area contributed by atoms with Gasteiger partial charge in [0.2, 0.25) is 5.13 Å². The predicted molar refractivity (Wildman–Crippen MR) is 104 cm³/mol. The molecule has 1 fully saturated rings. The minimum absolute atomic E-state index is 0.0335. The molecule has 3 aromatic rings. The van der Waals surface area contributed by atoms with Gasteiger partial charge >= 0.3 is 6.18 Å². The van der Waals surface area contributed by atoms with Crippen LogP contribution in [-0.2, 0) is 6.18 Å². The molecule has 148 valence electrons. The summed E-state index contributed by atoms with van der Waals surface area (Å²) in [6.45, 7) is 0. The minimum atomic E-state index is -4.69. The number of hydrogen-bond acceptors (Lipinski definition) is 4. The van der Waals surface area contributed by atoms with Gasteiger partial charge in [-0.05, 0) is 25.0 Å². The molecule has 0 saturated heterocycles. The summed E-state index contributed by atoms with van der Waals surface area (Å²) >= 11 is 1.15. The number of H-pyrrole nitrogens is 1. The van der Waals surface area contributed by atoms with Gasteiger partial charge < -0.3 is 0 Å². The zero-order valence-corrected chi connectivity index (χ0v) is 15.8. The highest BCUT2D eigenvalue weighted by Crippen LogP contribution is 2.30. The van der Waals surface area contributed by atoms with Crippen LogP contribution >= 0.6 is 11.3 Å². The van der Waals surface area contributed by atoms with Crippen LogP contribution in [0.3, 0.4) is 0 Å². The fraction of sp³-hybridized carbons (Fsp3) is 0.421. The van der Waals surface area contributed by atoms with Gasteiger partial charge in [-0.15, -0.1) is 0 Å². The highest BCUT2D eigenvalue weighted by atomic mass is 32.1. The predicted octanol–water partition coefficient (Wildman–Crippen LogP) is 4.94. The SMILES string of the molecule is O=c1c(C=NC2CCCCCC2)c(C(F)(F)F)[nH]n1-c1nc2ccccc2s1. The Morgan fingerprint density at radius 2 is 1.89 bits per heavy atom. The number of hydrogen-bond donors (Lipinski definition) is 1. The zero-order chi connectivity index (χ0) is 19.7. The number of benzene rings is 1. The summed E-state index contributed by atoms with van der Waals surface area (Å²) in [5.41, 5.74) is -1.71. The summed E-state index contributed by atoms with van der Waals surface area (Å²) < 4.78 is 42.2. The molecular weight excluding hydrogens is 389 g/mol. The molecule has 1 saturated carbocycles. The van der Waals surface area contributed by atoms with Crippen molar-refractivity contribution in [2.75, 3.05) is 0 Å². The van der Waals surface area contributed by atoms with Crippen LogP contribution < -0.4 is 5.56 Å². The summed E-state index contributed by atoms with van der Waals surface area (Å²) in [4.78, 5) is 21.4. The van der Waals surface area contributed by atoms with E-state index in [9.17, 15) is 18.0 Å². The number of aromatic nitrogens is 3. The third-order valence-corrected chi connectivity index (χ3v) is 5.94. The van der Waals surface area contributed by atoms with Crippen LogP contribution in [0.25, 0.3) is 15.3 Å². The van der Waals surface area contributed by atoms with E-state index in [2.05, 4.69) is 15.1 Å². The first kappa shape index (κ1) is 18.9. The van der Waals surface area contributed by atoms with E-state index in [1.165, 1.54) is 0 Å². The molecule has 2 heterocycles. The molecule has 0 spiro atoms. The zero-order valence-electron chi connectivity index (χ0n) is 15.0. The first-order valence-corrected chi connectivity index (χ1v) is 10.1. The van der Waals surface area contributed by atoms with E-state index >= 15 is 0 Å². The first-order chi connectivity index (χ1) is 13.4. The van der Waals surface area contributed by atoms with Gasteiger partial charge in [-0.3, -0.25) is 14.9 Å². The van der Waals surface area contributed by atoms with Gasteiger partial charge in [0.05, 0.1) is 15.8 Å². The number of thiazole rings is 1. The Labute approximate surface area is 162 Å². The molecule has 0 radical (unpaired) electrons. The lowest BCUT2D eigenvalue weighted by Crippen LogP contribution is -2.18. The van der Waals surface area contributed by atoms with Crippen LogP contribution in [0.1, 0.15) is 49.8 Å². The number of para-hydroxylation sites is 1. The van der Waals surface area contributed by atoms with Crippen molar-refractivity contribution in [3.63, 3.8) is 0 Å². The molecule has 1 aliphatic rings. The molecule has 1 N–H and O–H groups in total. The van der Waals surface area contributed by atoms with Gasteiger partial charge in [-0.25, -0.2) is 4.98 Å². The van der Waals surface area contributed by atoms with Crippen molar-refractivity contribution in [2.45, 2.75) is 50.7 Å². The first-order valence-electron chi connectivity index (χ1n) is 9.25. The number of nitrogens with zero attached hydrogens (tertiary/aromatic N) is 3. The molecule has 0 amide bonds. The molecule has 1 aromatic carbocycles. The van der Waals surface area contributed by atoms with Crippen LogP contribution in [0, 0.1) is 0 Å². The van der Waals surface area contributed by atoms with E-state index in [4.69, 9.17) is 0 Å². The minimum Gasteiger partial charge on any atom is -0.289 e. The van der Waals surface area contributed by atoms with Crippen molar-refractivity contribution in [1.82, 2.24) is 14.8 Å². The molecule has 0 unspecified atom stereocenters. The quantitative estimate of drug-likeness (QED) is 0.493. The molecule has 4 rings (SSSR count). The normalized spacial score (nSPS) is 16.8. The smallest absolute Gasteiger partial charge is 0.289 e. The molecule has 0 aliphatic heterocycles. The Bertz CT molecular complexity index is 1020. The van der Waals surface area contributed by atoms with Gasteiger partial charge in [0.15, 0.2) is 5.69 Å². The van der Waals surface area contributed by atoms with Crippen molar-refractivity contribution in [2.24, 2.45) is 4.99 Å². The largest absolute Gasteiger partial charge is 0.433 e. The standard InChI is InChI=1S/C19H19F3N4OS/c20-19(21,22)16-13(11-23-12-7-3-1-2-4-8-12)17(27)26(25-16)18-24-14-9-5-6-10-15(14)28-18/h5-6,9-12,25H,1-4,7-8H2. The number of aromatic amines is 1. The third-order valence-electron chi connectivity index (χ3n) is 4.92. The molecular formula is C19H19F3N4OS. The highest BCUT2D eigenvalue weighted by Gasteiger charge is 2.38.